The molecule has 7 nitrogen and oxygen atoms in total. The number of unbranched alkanes of at least 4 members (excludes halogenated alkanes) is 1. The lowest BCUT2D eigenvalue weighted by Crippen LogP contribution is -2.56. The molecule has 0 radical (unpaired) electrons. The monoisotopic (exact) mass is 604 g/mol. The summed E-state index contributed by atoms with van der Waals surface area (Å²) in [5.74, 6) is 3.20. The van der Waals surface area contributed by atoms with Gasteiger partial charge in [-0.1, -0.05) is 27.2 Å². The number of nitrogens with one attached hydrogen (secondary N) is 3. The minimum absolute atomic E-state index is 0.227. The molecule has 4 aliphatic carbocycles. The summed E-state index contributed by atoms with van der Waals surface area (Å²) in [4.78, 5) is 11.2. The van der Waals surface area contributed by atoms with Crippen LogP contribution in [0.25, 0.3) is 0 Å². The van der Waals surface area contributed by atoms with E-state index >= 15 is 0 Å². The van der Waals surface area contributed by atoms with Gasteiger partial charge in [0.25, 0.3) is 0 Å². The Morgan fingerprint density at radius 2 is 1.49 bits per heavy atom. The zero-order chi connectivity index (χ0) is 30.9. The number of hydrogen-bond donors (Lipinski definition) is 6. The smallest absolute Gasteiger partial charge is 0.306 e. The highest BCUT2D eigenvalue weighted by Gasteiger charge is 2.60. The average Bonchev–Trinajstić information content (AvgIpc) is 3.35. The molecule has 0 heterocycles. The molecule has 8 N–H and O–H groups in total. The molecular weight excluding hydrogens is 534 g/mol. The van der Waals surface area contributed by atoms with Gasteiger partial charge in [-0.3, -0.25) is 4.79 Å². The van der Waals surface area contributed by atoms with Crippen molar-refractivity contribution in [3.8, 4) is 0 Å². The summed E-state index contributed by atoms with van der Waals surface area (Å²) in [6.07, 6.45) is 19.9. The van der Waals surface area contributed by atoms with E-state index < -0.39 is 5.97 Å². The molecule has 10 atom stereocenters. The zero-order valence-electron chi connectivity index (χ0n) is 28.2. The molecular formula is C36H69N5O2. The van der Waals surface area contributed by atoms with Crippen LogP contribution >= 0.6 is 0 Å². The van der Waals surface area contributed by atoms with Crippen LogP contribution < -0.4 is 27.4 Å². The van der Waals surface area contributed by atoms with E-state index in [1.165, 1.54) is 77.0 Å². The van der Waals surface area contributed by atoms with E-state index in [2.05, 4.69) is 29.8 Å². The lowest BCUT2D eigenvalue weighted by Gasteiger charge is -2.61. The maximum atomic E-state index is 11.2. The standard InChI is InChI=1S/C36H69N5O2/c1-26(34(42)43)9-6-10-33(38)32-14-13-30-29-12-11-27-25-28(15-17-35(27,2)31(29)16-18-36(30,32)3)41-24-8-23-40-21-5-4-20-39-22-7-19-37/h26-33,39-41H,4-25,37-38H2,1-3H3,(H,42,43)/t26?,27-,28?,29?,30?,31?,32?,33?,35?,36?/m0/s1. The van der Waals surface area contributed by atoms with Crippen molar-refractivity contribution in [3.63, 3.8) is 0 Å². The normalized spacial score (nSPS) is 36.9. The van der Waals surface area contributed by atoms with Crippen molar-refractivity contribution >= 4 is 5.97 Å². The number of aliphatic carboxylic acids is 1. The minimum atomic E-state index is -0.675. The van der Waals surface area contributed by atoms with Crippen LogP contribution in [0.5, 0.6) is 0 Å². The number of nitrogens with two attached hydrogens (primary N) is 2. The first-order chi connectivity index (χ1) is 20.7. The molecule has 0 aromatic carbocycles. The molecule has 0 saturated heterocycles. The summed E-state index contributed by atoms with van der Waals surface area (Å²) < 4.78 is 0. The van der Waals surface area contributed by atoms with Gasteiger partial charge in [-0.05, 0) is 176 Å². The maximum absolute atomic E-state index is 11.2. The molecule has 0 spiro atoms. The van der Waals surface area contributed by atoms with Crippen LogP contribution in [0.1, 0.15) is 124 Å². The number of carbonyl (C=O) groups is 1. The third-order valence-corrected chi connectivity index (χ3v) is 13.3. The third-order valence-electron chi connectivity index (χ3n) is 13.3. The van der Waals surface area contributed by atoms with Gasteiger partial charge in [0.2, 0.25) is 0 Å². The van der Waals surface area contributed by atoms with Crippen molar-refractivity contribution in [2.45, 2.75) is 136 Å². The van der Waals surface area contributed by atoms with E-state index in [9.17, 15) is 9.90 Å². The van der Waals surface area contributed by atoms with Gasteiger partial charge in [0.05, 0.1) is 5.92 Å². The fraction of sp³-hybridized carbons (Fsp3) is 0.972. The van der Waals surface area contributed by atoms with Gasteiger partial charge in [0, 0.05) is 12.1 Å². The Kier molecular flexibility index (Phi) is 13.7. The fourth-order valence-electron chi connectivity index (χ4n) is 10.7. The predicted octanol–water partition coefficient (Wildman–Crippen LogP) is 5.52. The topological polar surface area (TPSA) is 125 Å². The van der Waals surface area contributed by atoms with E-state index in [0.29, 0.717) is 22.8 Å². The molecule has 4 rings (SSSR count). The lowest BCUT2D eigenvalue weighted by atomic mass is 9.44. The van der Waals surface area contributed by atoms with Crippen molar-refractivity contribution in [2.24, 2.45) is 57.8 Å². The SMILES string of the molecule is CC(CCCC(N)C1CCC2C3CC[C@H]4CC(NCCCNCCCCNCCCN)CCC4(C)C3CCC12C)C(=O)O. The Balaban J connectivity index is 1.16. The van der Waals surface area contributed by atoms with Crippen LogP contribution in [-0.4, -0.2) is 62.4 Å². The van der Waals surface area contributed by atoms with Crippen LogP contribution in [0.2, 0.25) is 0 Å². The molecule has 43 heavy (non-hydrogen) atoms. The van der Waals surface area contributed by atoms with E-state index in [1.54, 1.807) is 0 Å². The number of hydrogen-bond acceptors (Lipinski definition) is 6. The molecule has 250 valence electrons. The van der Waals surface area contributed by atoms with Crippen molar-refractivity contribution in [1.29, 1.82) is 0 Å². The Labute approximate surface area is 264 Å². The molecule has 4 fully saturated rings. The van der Waals surface area contributed by atoms with Crippen LogP contribution in [0.4, 0.5) is 0 Å². The van der Waals surface area contributed by atoms with E-state index in [4.69, 9.17) is 11.5 Å². The summed E-state index contributed by atoms with van der Waals surface area (Å²) >= 11 is 0. The van der Waals surface area contributed by atoms with Crippen LogP contribution in [0, 0.1) is 46.3 Å². The van der Waals surface area contributed by atoms with Gasteiger partial charge in [-0.2, -0.15) is 0 Å². The zero-order valence-corrected chi connectivity index (χ0v) is 28.2. The van der Waals surface area contributed by atoms with Gasteiger partial charge in [0.15, 0.2) is 0 Å². The van der Waals surface area contributed by atoms with Crippen LogP contribution in [0.3, 0.4) is 0 Å². The van der Waals surface area contributed by atoms with Gasteiger partial charge in [0.1, 0.15) is 0 Å². The largest absolute Gasteiger partial charge is 0.481 e. The first-order valence-electron chi connectivity index (χ1n) is 18.5. The Hall–Kier alpha value is -0.730. The number of carboxylic acids is 1. The second kappa shape index (κ2) is 16.7. The average molecular weight is 604 g/mol. The quantitative estimate of drug-likeness (QED) is 0.107. The Morgan fingerprint density at radius 1 is 0.814 bits per heavy atom. The van der Waals surface area contributed by atoms with Crippen LogP contribution in [0.15, 0.2) is 0 Å². The second-order valence-electron chi connectivity index (χ2n) is 15.8. The van der Waals surface area contributed by atoms with Crippen molar-refractivity contribution in [3.05, 3.63) is 0 Å². The van der Waals surface area contributed by atoms with E-state index in [1.807, 2.05) is 6.92 Å². The highest BCUT2D eigenvalue weighted by Crippen LogP contribution is 2.67. The Morgan fingerprint density at radius 3 is 2.21 bits per heavy atom. The summed E-state index contributed by atoms with van der Waals surface area (Å²) in [5.41, 5.74) is 13.3. The van der Waals surface area contributed by atoms with E-state index in [0.717, 1.165) is 88.6 Å². The van der Waals surface area contributed by atoms with Gasteiger partial charge < -0.3 is 32.5 Å². The van der Waals surface area contributed by atoms with E-state index in [-0.39, 0.29) is 12.0 Å². The first-order valence-corrected chi connectivity index (χ1v) is 18.5. The van der Waals surface area contributed by atoms with Crippen LogP contribution in [-0.2, 0) is 4.79 Å². The number of rotatable bonds is 19. The molecule has 0 aliphatic heterocycles. The summed E-state index contributed by atoms with van der Waals surface area (Å²) in [6.45, 7) is 13.4. The molecule has 0 aromatic rings. The summed E-state index contributed by atoms with van der Waals surface area (Å²) in [5, 5.41) is 20.3. The van der Waals surface area contributed by atoms with Crippen molar-refractivity contribution in [2.75, 3.05) is 39.3 Å². The first kappa shape index (κ1) is 35.1. The summed E-state index contributed by atoms with van der Waals surface area (Å²) in [6, 6.07) is 0.936. The number of fused-ring (bicyclic) bond motifs is 5. The molecule has 4 aliphatic rings. The molecule has 9 unspecified atom stereocenters. The number of carboxylic acid groups (broad SMARTS) is 1. The lowest BCUT2D eigenvalue weighted by molar-refractivity contribution is -0.141. The molecule has 0 aromatic heterocycles. The maximum Gasteiger partial charge on any atom is 0.306 e. The highest BCUT2D eigenvalue weighted by molar-refractivity contribution is 5.69. The summed E-state index contributed by atoms with van der Waals surface area (Å²) in [7, 11) is 0. The van der Waals surface area contributed by atoms with Gasteiger partial charge in [-0.15, -0.1) is 0 Å². The molecule has 0 amide bonds. The van der Waals surface area contributed by atoms with Gasteiger partial charge in [-0.25, -0.2) is 0 Å². The predicted molar refractivity (Wildman–Crippen MR) is 179 cm³/mol. The Bertz CT molecular complexity index is 842. The van der Waals surface area contributed by atoms with Crippen molar-refractivity contribution < 1.29 is 9.90 Å². The molecule has 0 bridgehead atoms. The van der Waals surface area contributed by atoms with Crippen molar-refractivity contribution in [1.82, 2.24) is 16.0 Å². The molecule has 4 saturated carbocycles. The minimum Gasteiger partial charge on any atom is -0.481 e. The highest BCUT2D eigenvalue weighted by atomic mass is 16.4. The second-order valence-corrected chi connectivity index (χ2v) is 15.8. The van der Waals surface area contributed by atoms with Gasteiger partial charge >= 0.3 is 5.97 Å². The molecule has 7 heteroatoms. The fourth-order valence-corrected chi connectivity index (χ4v) is 10.7. The third kappa shape index (κ3) is 8.75.